The van der Waals surface area contributed by atoms with E-state index >= 15 is 0 Å². The van der Waals surface area contributed by atoms with Gasteiger partial charge < -0.3 is 5.11 Å². The van der Waals surface area contributed by atoms with Crippen molar-refractivity contribution in [1.29, 1.82) is 0 Å². The van der Waals surface area contributed by atoms with E-state index in [0.717, 1.165) is 17.7 Å². The van der Waals surface area contributed by atoms with Crippen LogP contribution in [0.1, 0.15) is 36.0 Å². The van der Waals surface area contributed by atoms with Crippen LogP contribution in [0.5, 0.6) is 0 Å². The average Bonchev–Trinajstić information content (AvgIpc) is 2.38. The molecule has 1 N–H and O–H groups in total. The lowest BCUT2D eigenvalue weighted by Gasteiger charge is -2.25. The van der Waals surface area contributed by atoms with Gasteiger partial charge in [-0.3, -0.25) is 0 Å². The molecule has 98 valence electrons. The third kappa shape index (κ3) is 3.59. The van der Waals surface area contributed by atoms with Crippen molar-refractivity contribution in [3.63, 3.8) is 0 Å². The fourth-order valence-corrected chi connectivity index (χ4v) is 5.54. The molecule has 0 amide bonds. The first-order chi connectivity index (χ1) is 8.68. The van der Waals surface area contributed by atoms with Gasteiger partial charge in [-0.2, -0.15) is 0 Å². The van der Waals surface area contributed by atoms with Crippen LogP contribution in [-0.4, -0.2) is 21.7 Å². The molecule has 1 saturated carbocycles. The van der Waals surface area contributed by atoms with Crippen LogP contribution in [0, 0.1) is 0 Å². The maximum Gasteiger partial charge on any atom is 0.336 e. The van der Waals surface area contributed by atoms with E-state index in [1.54, 1.807) is 22.9 Å². The van der Waals surface area contributed by atoms with Gasteiger partial charge in [-0.25, -0.2) is 4.79 Å². The van der Waals surface area contributed by atoms with Crippen LogP contribution in [0.2, 0.25) is 0 Å². The standard InChI is InChI=1S/C13H15ClO2S2/c14-10-6-2-4-8-12(10)18-17-11-7-3-1-5-9(11)13(15)16/h1,3,5,7,10,12H,2,4,6,8H2,(H,15,16)/t10-,12-/m1/s1. The lowest BCUT2D eigenvalue weighted by atomic mass is 10.00. The van der Waals surface area contributed by atoms with Crippen LogP contribution in [0.3, 0.4) is 0 Å². The van der Waals surface area contributed by atoms with Crippen LogP contribution in [0.25, 0.3) is 0 Å². The zero-order valence-corrected chi connectivity index (χ0v) is 12.2. The van der Waals surface area contributed by atoms with Crippen LogP contribution in [0.4, 0.5) is 0 Å². The number of hydrogen-bond donors (Lipinski definition) is 1. The molecule has 1 aromatic carbocycles. The highest BCUT2D eigenvalue weighted by Gasteiger charge is 2.24. The number of alkyl halides is 1. The summed E-state index contributed by atoms with van der Waals surface area (Å²) < 4.78 is 0. The van der Waals surface area contributed by atoms with Crippen LogP contribution >= 0.6 is 33.2 Å². The first-order valence-electron chi connectivity index (χ1n) is 5.98. The maximum absolute atomic E-state index is 11.1. The number of hydrogen-bond acceptors (Lipinski definition) is 3. The largest absolute Gasteiger partial charge is 0.478 e. The number of benzene rings is 1. The Morgan fingerprint density at radius 1 is 1.28 bits per heavy atom. The van der Waals surface area contributed by atoms with E-state index in [9.17, 15) is 4.79 Å². The van der Waals surface area contributed by atoms with E-state index in [1.165, 1.54) is 23.6 Å². The Hall–Kier alpha value is -0.320. The monoisotopic (exact) mass is 302 g/mol. The number of carbonyl (C=O) groups is 1. The smallest absolute Gasteiger partial charge is 0.336 e. The molecule has 0 unspecified atom stereocenters. The van der Waals surface area contributed by atoms with Gasteiger partial charge in [0.15, 0.2) is 0 Å². The van der Waals surface area contributed by atoms with Gasteiger partial charge in [-0.05, 0) is 25.0 Å². The minimum absolute atomic E-state index is 0.216. The molecular weight excluding hydrogens is 288 g/mol. The Morgan fingerprint density at radius 2 is 2.00 bits per heavy atom. The number of aromatic carboxylic acids is 1. The molecule has 1 fully saturated rings. The van der Waals surface area contributed by atoms with Crippen molar-refractivity contribution in [1.82, 2.24) is 0 Å². The molecule has 0 saturated heterocycles. The molecule has 5 heteroatoms. The van der Waals surface area contributed by atoms with E-state index in [2.05, 4.69) is 0 Å². The van der Waals surface area contributed by atoms with Crippen molar-refractivity contribution >= 4 is 39.2 Å². The van der Waals surface area contributed by atoms with Crippen LogP contribution < -0.4 is 0 Å². The first kappa shape index (κ1) is 14.1. The Labute approximate surface area is 120 Å². The number of carboxylic acid groups (broad SMARTS) is 1. The molecule has 0 aliphatic heterocycles. The Balaban J connectivity index is 1.99. The zero-order chi connectivity index (χ0) is 13.0. The van der Waals surface area contributed by atoms with Crippen molar-refractivity contribution in [3.05, 3.63) is 29.8 Å². The molecule has 2 rings (SSSR count). The highest BCUT2D eigenvalue weighted by molar-refractivity contribution is 8.77. The molecule has 0 aromatic heterocycles. The number of halogens is 1. The summed E-state index contributed by atoms with van der Waals surface area (Å²) in [6.07, 6.45) is 4.63. The molecule has 2 atom stereocenters. The Bertz CT molecular complexity index is 425. The fraction of sp³-hybridized carbons (Fsp3) is 0.462. The minimum atomic E-state index is -0.871. The molecule has 0 bridgehead atoms. The summed E-state index contributed by atoms with van der Waals surface area (Å²) in [7, 11) is 3.25. The summed E-state index contributed by atoms with van der Waals surface area (Å²) in [5, 5.41) is 9.75. The van der Waals surface area contributed by atoms with E-state index in [4.69, 9.17) is 16.7 Å². The van der Waals surface area contributed by atoms with Crippen molar-refractivity contribution in [3.8, 4) is 0 Å². The average molecular weight is 303 g/mol. The molecule has 0 radical (unpaired) electrons. The maximum atomic E-state index is 11.1. The molecule has 18 heavy (non-hydrogen) atoms. The summed E-state index contributed by atoms with van der Waals surface area (Å²) in [4.78, 5) is 11.9. The topological polar surface area (TPSA) is 37.3 Å². The van der Waals surface area contributed by atoms with Crippen LogP contribution in [0.15, 0.2) is 29.2 Å². The SMILES string of the molecule is O=C(O)c1ccccc1SS[C@@H]1CCCC[C@H]1Cl. The van der Waals surface area contributed by atoms with Gasteiger partial charge >= 0.3 is 5.97 Å². The Morgan fingerprint density at radius 3 is 2.72 bits per heavy atom. The van der Waals surface area contributed by atoms with Crippen molar-refractivity contribution in [2.75, 3.05) is 0 Å². The molecule has 1 aliphatic rings. The molecule has 0 spiro atoms. The van der Waals surface area contributed by atoms with E-state index in [-0.39, 0.29) is 5.38 Å². The third-order valence-electron chi connectivity index (χ3n) is 3.00. The molecular formula is C13H15ClO2S2. The van der Waals surface area contributed by atoms with E-state index in [1.807, 2.05) is 12.1 Å². The van der Waals surface area contributed by atoms with Crippen LogP contribution in [-0.2, 0) is 0 Å². The molecule has 1 aliphatic carbocycles. The van der Waals surface area contributed by atoms with E-state index in [0.29, 0.717) is 10.8 Å². The van der Waals surface area contributed by atoms with Gasteiger partial charge in [-0.15, -0.1) is 11.6 Å². The third-order valence-corrected chi connectivity index (χ3v) is 6.68. The second-order valence-electron chi connectivity index (χ2n) is 4.32. The molecule has 1 aromatic rings. The molecule has 0 heterocycles. The minimum Gasteiger partial charge on any atom is -0.478 e. The highest BCUT2D eigenvalue weighted by atomic mass is 35.5. The number of carboxylic acids is 1. The van der Waals surface area contributed by atoms with Crippen molar-refractivity contribution in [2.24, 2.45) is 0 Å². The first-order valence-corrected chi connectivity index (χ1v) is 8.63. The van der Waals surface area contributed by atoms with Gasteiger partial charge in [0.25, 0.3) is 0 Å². The predicted molar refractivity (Wildman–Crippen MR) is 78.7 cm³/mol. The Kier molecular flexibility index (Phi) is 5.27. The number of rotatable bonds is 4. The van der Waals surface area contributed by atoms with E-state index < -0.39 is 5.97 Å². The van der Waals surface area contributed by atoms with Gasteiger partial charge in [0.1, 0.15) is 0 Å². The highest BCUT2D eigenvalue weighted by Crippen LogP contribution is 2.43. The zero-order valence-electron chi connectivity index (χ0n) is 9.84. The normalized spacial score (nSPS) is 23.8. The lowest BCUT2D eigenvalue weighted by Crippen LogP contribution is -2.21. The fourth-order valence-electron chi connectivity index (χ4n) is 1.99. The van der Waals surface area contributed by atoms with Crippen molar-refractivity contribution < 1.29 is 9.90 Å². The second-order valence-corrected chi connectivity index (χ2v) is 7.36. The van der Waals surface area contributed by atoms with Gasteiger partial charge in [0.2, 0.25) is 0 Å². The quantitative estimate of drug-likeness (QED) is 0.647. The van der Waals surface area contributed by atoms with Crippen molar-refractivity contribution in [2.45, 2.75) is 41.2 Å². The van der Waals surface area contributed by atoms with Gasteiger partial charge in [0.05, 0.1) is 5.56 Å². The summed E-state index contributed by atoms with van der Waals surface area (Å²) in [6, 6.07) is 7.12. The summed E-state index contributed by atoms with van der Waals surface area (Å²) >= 11 is 6.30. The summed E-state index contributed by atoms with van der Waals surface area (Å²) in [5.41, 5.74) is 0.372. The second kappa shape index (κ2) is 6.73. The van der Waals surface area contributed by atoms with Gasteiger partial charge in [0, 0.05) is 15.5 Å². The molecule has 2 nitrogen and oxygen atoms in total. The summed E-state index contributed by atoms with van der Waals surface area (Å²) in [6.45, 7) is 0. The summed E-state index contributed by atoms with van der Waals surface area (Å²) in [5.74, 6) is -0.871. The predicted octanol–water partition coefficient (Wildman–Crippen LogP) is 4.68. The van der Waals surface area contributed by atoms with Gasteiger partial charge in [-0.1, -0.05) is 46.6 Å². The lowest BCUT2D eigenvalue weighted by molar-refractivity contribution is 0.0693.